The number of benzene rings is 5. The fourth-order valence-corrected chi connectivity index (χ4v) is 11.7. The minimum atomic E-state index is -1.48. The number of rotatable bonds is 21. The number of fused-ring (bicyclic) bond motifs is 6. The van der Waals surface area contributed by atoms with E-state index >= 15 is 0 Å². The highest BCUT2D eigenvalue weighted by molar-refractivity contribution is 6.76. The second-order valence-electron chi connectivity index (χ2n) is 22.7. The Labute approximate surface area is 464 Å². The average Bonchev–Trinajstić information content (AvgIpc) is 3.89. The standard InChI is InChI=1S/C60H71N5O12Si2/c1-10-19-75-60(70)61-45-25-39(35-76-54-31-48-46(29-52(54)71-2)56(66)62-33-43-17-13-11-15-41(43)27-50(62)58(68)64(48)37-73-20-22-78(4,5)6)24-40(26-45)36-77-55-32-49-47(30-53(55)72-3)57(67)63-34-44-18-14-12-16-42(44)28-51(63)59(69)65(49)38-74-21-23-79(7,8)9/h10-18,24-26,29-32,50-51H,1,19-23,27-28,33-38H2,2-9H3,(H,61,70)/t50-,51-/m0/s1. The number of ether oxygens (including phenoxy) is 7. The normalized spacial score (nSPS) is 16.8. The van der Waals surface area contributed by atoms with Crippen LogP contribution >= 0.6 is 0 Å². The summed E-state index contributed by atoms with van der Waals surface area (Å²) in [5.74, 6) is -0.0992. The van der Waals surface area contributed by atoms with Crippen molar-refractivity contribution in [3.8, 4) is 23.0 Å². The second-order valence-corrected chi connectivity index (χ2v) is 34.0. The van der Waals surface area contributed by atoms with E-state index in [0.29, 0.717) is 54.2 Å². The summed E-state index contributed by atoms with van der Waals surface area (Å²) in [4.78, 5) is 78.1. The molecule has 0 saturated heterocycles. The van der Waals surface area contributed by atoms with Crippen LogP contribution in [0, 0.1) is 0 Å². The van der Waals surface area contributed by atoms with Crippen molar-refractivity contribution in [3.05, 3.63) is 148 Å². The van der Waals surface area contributed by atoms with Gasteiger partial charge in [0.2, 0.25) is 0 Å². The molecule has 5 aromatic carbocycles. The van der Waals surface area contributed by atoms with Crippen LogP contribution in [0.5, 0.6) is 23.0 Å². The van der Waals surface area contributed by atoms with Crippen molar-refractivity contribution in [1.82, 2.24) is 9.80 Å². The molecule has 19 heteroatoms. The number of amides is 5. The fourth-order valence-electron chi connectivity index (χ4n) is 10.2. The molecule has 1 N–H and O–H groups in total. The molecular weight excluding hydrogens is 1040 g/mol. The van der Waals surface area contributed by atoms with Gasteiger partial charge in [0.05, 0.1) is 36.7 Å². The molecule has 0 spiro atoms. The molecule has 5 amide bonds. The largest absolute Gasteiger partial charge is 0.493 e. The Balaban J connectivity index is 1.02. The number of carbonyl (C=O) groups excluding carboxylic acids is 5. The third-order valence-corrected chi connectivity index (χ3v) is 18.0. The quantitative estimate of drug-likeness (QED) is 0.0419. The Morgan fingerprint density at radius 2 is 1.04 bits per heavy atom. The molecule has 0 saturated carbocycles. The lowest BCUT2D eigenvalue weighted by Gasteiger charge is -2.35. The van der Waals surface area contributed by atoms with Crippen molar-refractivity contribution in [2.24, 2.45) is 0 Å². The number of carbonyl (C=O) groups is 5. The SMILES string of the molecule is C=CCOC(=O)Nc1cc(COc2cc3c(cc2OC)C(=O)N2Cc4ccccc4C[C@H]2C(=O)N3COCC[Si](C)(C)C)cc(COc2cc3c(cc2OC)C(=O)N2Cc4ccccc4C[C@H]2C(=O)N3COCC[Si](C)(C)C)c1. The zero-order chi connectivity index (χ0) is 56.2. The van der Waals surface area contributed by atoms with Gasteiger partial charge >= 0.3 is 6.09 Å². The van der Waals surface area contributed by atoms with Crippen molar-refractivity contribution in [1.29, 1.82) is 0 Å². The smallest absolute Gasteiger partial charge is 0.411 e. The van der Waals surface area contributed by atoms with Crippen LogP contribution in [-0.2, 0) is 62.9 Å². The third-order valence-electron chi connectivity index (χ3n) is 14.6. The first-order valence-corrected chi connectivity index (χ1v) is 34.2. The summed E-state index contributed by atoms with van der Waals surface area (Å²) in [5.41, 5.74) is 6.77. The third kappa shape index (κ3) is 12.9. The van der Waals surface area contributed by atoms with Gasteiger partial charge in [0.25, 0.3) is 23.6 Å². The maximum atomic E-state index is 14.8. The van der Waals surface area contributed by atoms with E-state index < -0.39 is 34.3 Å². The molecule has 0 bridgehead atoms. The van der Waals surface area contributed by atoms with Gasteiger partial charge < -0.3 is 43.0 Å². The molecule has 0 aliphatic carbocycles. The molecule has 79 heavy (non-hydrogen) atoms. The van der Waals surface area contributed by atoms with E-state index in [0.717, 1.165) is 34.3 Å². The lowest BCUT2D eigenvalue weighted by atomic mass is 9.93. The highest BCUT2D eigenvalue weighted by Gasteiger charge is 2.45. The zero-order valence-corrected chi connectivity index (χ0v) is 48.5. The minimum absolute atomic E-state index is 0.0194. The Kier molecular flexibility index (Phi) is 17.0. The van der Waals surface area contributed by atoms with Crippen molar-refractivity contribution in [2.45, 2.75) is 103 Å². The molecule has 0 fully saturated rings. The van der Waals surface area contributed by atoms with Gasteiger partial charge in [0.1, 0.15) is 45.4 Å². The highest BCUT2D eigenvalue weighted by Crippen LogP contribution is 2.43. The van der Waals surface area contributed by atoms with Gasteiger partial charge in [-0.05, 0) is 75.8 Å². The summed E-state index contributed by atoms with van der Waals surface area (Å²) in [7, 11) is 0.0163. The van der Waals surface area contributed by atoms with Gasteiger partial charge in [-0.2, -0.15) is 0 Å². The van der Waals surface area contributed by atoms with Crippen molar-refractivity contribution >= 4 is 62.9 Å². The van der Waals surface area contributed by atoms with Gasteiger partial charge in [-0.3, -0.25) is 34.3 Å². The summed E-state index contributed by atoms with van der Waals surface area (Å²) < 4.78 is 42.6. The summed E-state index contributed by atoms with van der Waals surface area (Å²) in [6.07, 6.45) is 1.46. The lowest BCUT2D eigenvalue weighted by Crippen LogP contribution is -2.51. The molecule has 4 aliphatic heterocycles. The topological polar surface area (TPSA) is 175 Å². The monoisotopic (exact) mass is 1110 g/mol. The van der Waals surface area contributed by atoms with E-state index in [1.807, 2.05) is 54.6 Å². The molecule has 416 valence electrons. The lowest BCUT2D eigenvalue weighted by molar-refractivity contribution is -0.125. The first-order valence-electron chi connectivity index (χ1n) is 26.7. The van der Waals surface area contributed by atoms with Crippen LogP contribution in [0.25, 0.3) is 0 Å². The fraction of sp³-hybridized carbons (Fsp3) is 0.383. The Morgan fingerprint density at radius 1 is 0.608 bits per heavy atom. The van der Waals surface area contributed by atoms with E-state index in [9.17, 15) is 24.0 Å². The zero-order valence-electron chi connectivity index (χ0n) is 46.5. The van der Waals surface area contributed by atoms with E-state index in [4.69, 9.17) is 33.2 Å². The molecule has 9 rings (SSSR count). The van der Waals surface area contributed by atoms with Crippen molar-refractivity contribution in [2.75, 3.05) is 62.6 Å². The Hall–Kier alpha value is -7.46. The maximum absolute atomic E-state index is 14.8. The average molecular weight is 1110 g/mol. The molecular formula is C60H71N5O12Si2. The Bertz CT molecular complexity index is 2960. The van der Waals surface area contributed by atoms with Crippen LogP contribution in [0.2, 0.25) is 51.4 Å². The molecule has 4 heterocycles. The molecule has 17 nitrogen and oxygen atoms in total. The number of hydrogen-bond acceptors (Lipinski definition) is 12. The van der Waals surface area contributed by atoms with Crippen LogP contribution in [0.15, 0.2) is 104 Å². The first-order chi connectivity index (χ1) is 37.8. The minimum Gasteiger partial charge on any atom is -0.493 e. The molecule has 0 radical (unpaired) electrons. The van der Waals surface area contributed by atoms with Gasteiger partial charge in [-0.15, -0.1) is 0 Å². The van der Waals surface area contributed by atoms with E-state index in [1.165, 1.54) is 20.3 Å². The summed E-state index contributed by atoms with van der Waals surface area (Å²) in [6, 6.07) is 27.8. The number of anilines is 3. The van der Waals surface area contributed by atoms with E-state index in [1.54, 1.807) is 56.0 Å². The molecule has 4 aliphatic rings. The van der Waals surface area contributed by atoms with Crippen LogP contribution in [0.4, 0.5) is 21.9 Å². The number of nitrogens with zero attached hydrogens (tertiary/aromatic N) is 4. The first kappa shape index (κ1) is 56.3. The number of nitrogens with one attached hydrogen (secondary N) is 1. The van der Waals surface area contributed by atoms with Crippen molar-refractivity contribution < 1.29 is 57.1 Å². The Morgan fingerprint density at radius 3 is 1.44 bits per heavy atom. The molecule has 2 atom stereocenters. The number of methoxy groups -OCH3 is 2. The summed E-state index contributed by atoms with van der Waals surface area (Å²) >= 11 is 0. The predicted molar refractivity (Wildman–Crippen MR) is 307 cm³/mol. The van der Waals surface area contributed by atoms with Crippen LogP contribution < -0.4 is 34.1 Å². The van der Waals surface area contributed by atoms with Gasteiger partial charge in [0, 0.05) is 73.1 Å². The maximum Gasteiger partial charge on any atom is 0.411 e. The summed E-state index contributed by atoms with van der Waals surface area (Å²) in [6.45, 7) is 18.4. The second kappa shape index (κ2) is 23.9. The summed E-state index contributed by atoms with van der Waals surface area (Å²) in [5, 5.41) is 2.79. The van der Waals surface area contributed by atoms with Gasteiger partial charge in [-0.1, -0.05) is 100 Å². The predicted octanol–water partition coefficient (Wildman–Crippen LogP) is 10.0. The highest BCUT2D eigenvalue weighted by atomic mass is 28.3. The van der Waals surface area contributed by atoms with Gasteiger partial charge in [0.15, 0.2) is 23.0 Å². The van der Waals surface area contributed by atoms with Crippen LogP contribution in [0.3, 0.4) is 0 Å². The van der Waals surface area contributed by atoms with Crippen molar-refractivity contribution in [3.63, 3.8) is 0 Å². The number of hydrogen-bond donors (Lipinski definition) is 1. The van der Waals surface area contributed by atoms with E-state index in [-0.39, 0.29) is 104 Å². The van der Waals surface area contributed by atoms with Crippen LogP contribution in [-0.4, -0.2) is 115 Å². The molecule has 0 unspecified atom stereocenters. The molecule has 0 aromatic heterocycles. The van der Waals surface area contributed by atoms with Crippen LogP contribution in [0.1, 0.15) is 54.1 Å². The van der Waals surface area contributed by atoms with Gasteiger partial charge in [-0.25, -0.2) is 4.79 Å². The van der Waals surface area contributed by atoms with E-state index in [2.05, 4.69) is 51.2 Å². The molecule has 5 aromatic rings.